The summed E-state index contributed by atoms with van der Waals surface area (Å²) >= 11 is 0. The van der Waals surface area contributed by atoms with Crippen molar-refractivity contribution in [2.75, 3.05) is 11.9 Å². The highest BCUT2D eigenvalue weighted by atomic mass is 19.4. The second-order valence-corrected chi connectivity index (χ2v) is 7.24. The Hall–Kier alpha value is -4.14. The molecule has 0 saturated heterocycles. The van der Waals surface area contributed by atoms with E-state index in [-0.39, 0.29) is 16.8 Å². The van der Waals surface area contributed by atoms with E-state index in [1.54, 1.807) is 12.2 Å². The Kier molecular flexibility index (Phi) is 6.81. The summed E-state index contributed by atoms with van der Waals surface area (Å²) in [5.41, 5.74) is 0.633. The zero-order chi connectivity index (χ0) is 24.2. The molecule has 0 aromatic heterocycles. The summed E-state index contributed by atoms with van der Waals surface area (Å²) in [5, 5.41) is 15.5. The third-order valence-corrected chi connectivity index (χ3v) is 4.77. The Labute approximate surface area is 186 Å². The van der Waals surface area contributed by atoms with E-state index in [0.717, 1.165) is 34.5 Å². The molecule has 0 saturated carbocycles. The predicted molar refractivity (Wildman–Crippen MR) is 118 cm³/mol. The van der Waals surface area contributed by atoms with Crippen molar-refractivity contribution in [1.82, 2.24) is 5.32 Å². The van der Waals surface area contributed by atoms with Gasteiger partial charge in [-0.25, -0.2) is 4.79 Å². The van der Waals surface area contributed by atoms with Crippen LogP contribution in [0.25, 0.3) is 16.3 Å². The number of carboxylic acid groups (broad SMARTS) is 1. The fraction of sp³-hybridized carbons (Fsp3) is 0.125. The lowest BCUT2D eigenvalue weighted by molar-refractivity contribution is -0.123. The molecular weight excluding hydrogens is 437 g/mol. The maximum absolute atomic E-state index is 12.5. The van der Waals surface area contributed by atoms with Gasteiger partial charge in [-0.1, -0.05) is 36.4 Å². The lowest BCUT2D eigenvalue weighted by Gasteiger charge is -2.12. The second kappa shape index (κ2) is 9.56. The topological polar surface area (TPSA) is 95.5 Å². The molecule has 0 bridgehead atoms. The monoisotopic (exact) mass is 456 g/mol. The van der Waals surface area contributed by atoms with E-state index in [4.69, 9.17) is 0 Å². The number of amides is 2. The molecule has 9 heteroatoms. The molecule has 3 aromatic carbocycles. The largest absolute Gasteiger partial charge is 0.478 e. The van der Waals surface area contributed by atoms with E-state index >= 15 is 0 Å². The number of carbonyl (C=O) groups excluding carboxylic acids is 2. The fourth-order valence-corrected chi connectivity index (χ4v) is 3.14. The second-order valence-electron chi connectivity index (χ2n) is 7.24. The van der Waals surface area contributed by atoms with Gasteiger partial charge in [0.2, 0.25) is 5.91 Å². The predicted octanol–water partition coefficient (Wildman–Crippen LogP) is 4.87. The van der Waals surface area contributed by atoms with Gasteiger partial charge in [0.15, 0.2) is 0 Å². The number of rotatable bonds is 6. The van der Waals surface area contributed by atoms with E-state index in [0.29, 0.717) is 5.57 Å². The normalized spacial score (nSPS) is 11.8. The van der Waals surface area contributed by atoms with Crippen LogP contribution in [0.3, 0.4) is 0 Å². The minimum absolute atomic E-state index is 0.213. The Morgan fingerprint density at radius 2 is 1.61 bits per heavy atom. The third-order valence-electron chi connectivity index (χ3n) is 4.77. The summed E-state index contributed by atoms with van der Waals surface area (Å²) in [5.74, 6) is -3.08. The lowest BCUT2D eigenvalue weighted by Crippen LogP contribution is -2.33. The standard InChI is InChI=1S/C24H19F3N2O4/c1-14(16-7-6-15-4-2-3-5-17(15)11-16)10-21(30)29-20-12-18(8-9-19(20)23(32)33)22(31)28-13-24(25,26)27/h2-12H,13H2,1H3,(H,28,31)(H,29,30)(H,32,33)/b14-10-. The van der Waals surface area contributed by atoms with Crippen molar-refractivity contribution >= 4 is 39.8 Å². The number of hydrogen-bond acceptors (Lipinski definition) is 3. The average molecular weight is 456 g/mol. The molecule has 0 radical (unpaired) electrons. The van der Waals surface area contributed by atoms with Gasteiger partial charge in [-0.3, -0.25) is 9.59 Å². The lowest BCUT2D eigenvalue weighted by atomic mass is 10.0. The summed E-state index contributed by atoms with van der Waals surface area (Å²) in [4.78, 5) is 36.0. The summed E-state index contributed by atoms with van der Waals surface area (Å²) in [6.45, 7) is 0.171. The van der Waals surface area contributed by atoms with Crippen LogP contribution >= 0.6 is 0 Å². The molecule has 0 aliphatic rings. The molecular formula is C24H19F3N2O4. The molecule has 3 aromatic rings. The van der Waals surface area contributed by atoms with Crippen LogP contribution in [-0.2, 0) is 4.79 Å². The highest BCUT2D eigenvalue weighted by Crippen LogP contribution is 2.22. The molecule has 6 nitrogen and oxygen atoms in total. The molecule has 0 fully saturated rings. The highest BCUT2D eigenvalue weighted by Gasteiger charge is 2.28. The Balaban J connectivity index is 1.83. The first-order valence-electron chi connectivity index (χ1n) is 9.74. The Morgan fingerprint density at radius 3 is 2.27 bits per heavy atom. The van der Waals surface area contributed by atoms with Crippen LogP contribution in [0.2, 0.25) is 0 Å². The number of aromatic carboxylic acids is 1. The van der Waals surface area contributed by atoms with E-state index in [1.807, 2.05) is 42.5 Å². The molecule has 3 N–H and O–H groups in total. The number of benzene rings is 3. The molecule has 0 atom stereocenters. The number of carboxylic acids is 1. The quantitative estimate of drug-likeness (QED) is 0.461. The number of fused-ring (bicyclic) bond motifs is 1. The molecule has 2 amide bonds. The molecule has 0 spiro atoms. The number of halogens is 3. The van der Waals surface area contributed by atoms with Gasteiger partial charge in [0.1, 0.15) is 6.54 Å². The highest BCUT2D eigenvalue weighted by molar-refractivity contribution is 6.08. The van der Waals surface area contributed by atoms with Crippen LogP contribution in [0, 0.1) is 0 Å². The molecule has 3 rings (SSSR count). The van der Waals surface area contributed by atoms with Gasteiger partial charge in [0.05, 0.1) is 11.3 Å². The van der Waals surface area contributed by atoms with Crippen LogP contribution in [0.15, 0.2) is 66.7 Å². The number of carbonyl (C=O) groups is 3. The van der Waals surface area contributed by atoms with E-state index in [9.17, 15) is 32.7 Å². The first kappa shape index (κ1) is 23.5. The summed E-state index contributed by atoms with van der Waals surface area (Å²) < 4.78 is 37.0. The Morgan fingerprint density at radius 1 is 0.939 bits per heavy atom. The van der Waals surface area contributed by atoms with Gasteiger partial charge >= 0.3 is 12.1 Å². The number of allylic oxidation sites excluding steroid dienone is 1. The van der Waals surface area contributed by atoms with Gasteiger partial charge in [-0.05, 0) is 53.1 Å². The molecule has 0 unspecified atom stereocenters. The summed E-state index contributed by atoms with van der Waals surface area (Å²) in [6, 6.07) is 16.5. The summed E-state index contributed by atoms with van der Waals surface area (Å²) in [7, 11) is 0. The van der Waals surface area contributed by atoms with Crippen molar-refractivity contribution in [2.24, 2.45) is 0 Å². The van der Waals surface area contributed by atoms with Crippen LogP contribution in [-0.4, -0.2) is 35.6 Å². The number of nitrogens with one attached hydrogen (secondary N) is 2. The van der Waals surface area contributed by atoms with Gasteiger partial charge < -0.3 is 15.7 Å². The van der Waals surface area contributed by atoms with E-state index < -0.39 is 30.5 Å². The van der Waals surface area contributed by atoms with Crippen molar-refractivity contribution in [2.45, 2.75) is 13.1 Å². The van der Waals surface area contributed by atoms with E-state index in [1.165, 1.54) is 6.08 Å². The van der Waals surface area contributed by atoms with Crippen molar-refractivity contribution in [3.63, 3.8) is 0 Å². The number of anilines is 1. The molecule has 0 aliphatic heterocycles. The van der Waals surface area contributed by atoms with Crippen LogP contribution in [0.4, 0.5) is 18.9 Å². The first-order chi connectivity index (χ1) is 15.5. The minimum atomic E-state index is -4.60. The zero-order valence-corrected chi connectivity index (χ0v) is 17.4. The maximum Gasteiger partial charge on any atom is 0.405 e. The van der Waals surface area contributed by atoms with Crippen molar-refractivity contribution < 1.29 is 32.7 Å². The first-order valence-corrected chi connectivity index (χ1v) is 9.74. The van der Waals surface area contributed by atoms with Gasteiger partial charge in [-0.15, -0.1) is 0 Å². The molecule has 170 valence electrons. The minimum Gasteiger partial charge on any atom is -0.478 e. The Bertz CT molecular complexity index is 1270. The smallest absolute Gasteiger partial charge is 0.405 e. The zero-order valence-electron chi connectivity index (χ0n) is 17.4. The van der Waals surface area contributed by atoms with Crippen molar-refractivity contribution in [3.8, 4) is 0 Å². The van der Waals surface area contributed by atoms with Gasteiger partial charge in [0, 0.05) is 11.6 Å². The van der Waals surface area contributed by atoms with Crippen LogP contribution in [0.5, 0.6) is 0 Å². The van der Waals surface area contributed by atoms with Crippen LogP contribution < -0.4 is 10.6 Å². The van der Waals surface area contributed by atoms with Crippen molar-refractivity contribution in [3.05, 3.63) is 83.4 Å². The SMILES string of the molecule is C/C(=C/C(=O)Nc1cc(C(=O)NCC(F)(F)F)ccc1C(=O)O)c1ccc2ccccc2c1. The number of alkyl halides is 3. The van der Waals surface area contributed by atoms with E-state index in [2.05, 4.69) is 5.32 Å². The average Bonchev–Trinajstić information content (AvgIpc) is 2.76. The molecule has 0 aliphatic carbocycles. The van der Waals surface area contributed by atoms with Gasteiger partial charge in [0.25, 0.3) is 5.91 Å². The van der Waals surface area contributed by atoms with Gasteiger partial charge in [-0.2, -0.15) is 13.2 Å². The van der Waals surface area contributed by atoms with Crippen LogP contribution in [0.1, 0.15) is 33.2 Å². The number of hydrogen-bond donors (Lipinski definition) is 3. The summed E-state index contributed by atoms with van der Waals surface area (Å²) in [6.07, 6.45) is -3.33. The molecule has 33 heavy (non-hydrogen) atoms. The fourth-order valence-electron chi connectivity index (χ4n) is 3.14. The molecule has 0 heterocycles. The third kappa shape index (κ3) is 6.19. The maximum atomic E-state index is 12.5. The van der Waals surface area contributed by atoms with Crippen molar-refractivity contribution in [1.29, 1.82) is 0 Å².